The first-order valence-electron chi connectivity index (χ1n) is 9.99. The molecule has 1 aromatic rings. The molecule has 1 aromatic carbocycles. The number of anilines is 1. The fourth-order valence-electron chi connectivity index (χ4n) is 3.88. The summed E-state index contributed by atoms with van der Waals surface area (Å²) in [5.41, 5.74) is 2.21. The summed E-state index contributed by atoms with van der Waals surface area (Å²) in [6, 6.07) is 8.32. The van der Waals surface area contributed by atoms with Crippen molar-refractivity contribution < 1.29 is 9.53 Å². The third-order valence-corrected chi connectivity index (χ3v) is 7.00. The summed E-state index contributed by atoms with van der Waals surface area (Å²) in [5.74, 6) is 2.26. The highest BCUT2D eigenvalue weighted by atomic mass is 35.5. The summed E-state index contributed by atoms with van der Waals surface area (Å²) in [6.45, 7) is 6.18. The first kappa shape index (κ1) is 22.5. The Kier molecular flexibility index (Phi) is 9.98. The van der Waals surface area contributed by atoms with E-state index in [0.29, 0.717) is 23.5 Å². The maximum Gasteiger partial charge on any atom is 0.224 e. The first-order chi connectivity index (χ1) is 12.7. The molecule has 1 unspecified atom stereocenters. The van der Waals surface area contributed by atoms with E-state index in [1.165, 1.54) is 18.4 Å². The van der Waals surface area contributed by atoms with E-state index < -0.39 is 0 Å². The van der Waals surface area contributed by atoms with Crippen molar-refractivity contribution in [3.05, 3.63) is 29.8 Å². The summed E-state index contributed by atoms with van der Waals surface area (Å²) < 4.78 is 5.43. The van der Waals surface area contributed by atoms with Crippen molar-refractivity contribution in [1.29, 1.82) is 0 Å². The van der Waals surface area contributed by atoms with Crippen molar-refractivity contribution in [1.82, 2.24) is 5.32 Å². The number of carbonyl (C=O) groups is 1. The number of ether oxygens (including phenoxy) is 1. The highest BCUT2D eigenvalue weighted by Gasteiger charge is 2.22. The van der Waals surface area contributed by atoms with Crippen LogP contribution in [0.4, 0.5) is 5.69 Å². The molecule has 152 valence electrons. The van der Waals surface area contributed by atoms with Crippen LogP contribution in [-0.2, 0) is 15.3 Å². The van der Waals surface area contributed by atoms with Crippen LogP contribution in [0.3, 0.4) is 0 Å². The molecule has 0 aromatic heterocycles. The molecule has 0 spiro atoms. The zero-order valence-corrected chi connectivity index (χ0v) is 17.9. The summed E-state index contributed by atoms with van der Waals surface area (Å²) in [5, 5.41) is 7.20. The second kappa shape index (κ2) is 11.9. The molecule has 4 nitrogen and oxygen atoms in total. The average molecular weight is 413 g/mol. The summed E-state index contributed by atoms with van der Waals surface area (Å²) >= 11 is 2.01. The Morgan fingerprint density at radius 2 is 2.00 bits per heavy atom. The highest BCUT2D eigenvalue weighted by molar-refractivity contribution is 7.99. The van der Waals surface area contributed by atoms with Crippen LogP contribution in [0.15, 0.2) is 24.3 Å². The molecule has 2 aliphatic heterocycles. The lowest BCUT2D eigenvalue weighted by atomic mass is 9.84. The molecule has 2 aliphatic rings. The molecule has 1 amide bonds. The molecule has 0 radical (unpaired) electrons. The summed E-state index contributed by atoms with van der Waals surface area (Å²) in [4.78, 5) is 12.4. The zero-order valence-electron chi connectivity index (χ0n) is 16.2. The van der Waals surface area contributed by atoms with E-state index in [0.717, 1.165) is 50.6 Å². The van der Waals surface area contributed by atoms with Crippen molar-refractivity contribution in [2.24, 2.45) is 11.8 Å². The number of benzene rings is 1. The van der Waals surface area contributed by atoms with Crippen molar-refractivity contribution in [3.8, 4) is 0 Å². The molecular weight excluding hydrogens is 380 g/mol. The second-order valence-electron chi connectivity index (χ2n) is 7.64. The van der Waals surface area contributed by atoms with E-state index in [-0.39, 0.29) is 18.3 Å². The van der Waals surface area contributed by atoms with Gasteiger partial charge >= 0.3 is 0 Å². The number of hydrogen-bond acceptors (Lipinski definition) is 4. The number of halogens is 1. The molecule has 2 fully saturated rings. The van der Waals surface area contributed by atoms with E-state index in [9.17, 15) is 4.79 Å². The third-order valence-electron chi connectivity index (χ3n) is 5.56. The Balaban J connectivity index is 0.00000261. The fourth-order valence-corrected chi connectivity index (χ4v) is 5.01. The first-order valence-corrected chi connectivity index (χ1v) is 11.0. The van der Waals surface area contributed by atoms with Gasteiger partial charge < -0.3 is 15.4 Å². The van der Waals surface area contributed by atoms with Gasteiger partial charge in [0.15, 0.2) is 0 Å². The maximum atomic E-state index is 12.4. The molecule has 2 N–H and O–H groups in total. The Morgan fingerprint density at radius 1 is 1.26 bits per heavy atom. The van der Waals surface area contributed by atoms with Gasteiger partial charge in [-0.25, -0.2) is 0 Å². The van der Waals surface area contributed by atoms with E-state index in [1.807, 2.05) is 23.9 Å². The number of thioether (sulfide) groups is 1. The minimum atomic E-state index is 0. The summed E-state index contributed by atoms with van der Waals surface area (Å²) in [6.07, 6.45) is 5.29. The average Bonchev–Trinajstić information content (AvgIpc) is 2.68. The molecule has 6 heteroatoms. The molecule has 0 aliphatic carbocycles. The highest BCUT2D eigenvalue weighted by Crippen LogP contribution is 2.27. The largest absolute Gasteiger partial charge is 0.381 e. The number of piperidine rings is 1. The van der Waals surface area contributed by atoms with Crippen LogP contribution >= 0.6 is 24.2 Å². The van der Waals surface area contributed by atoms with Gasteiger partial charge in [-0.15, -0.1) is 12.4 Å². The topological polar surface area (TPSA) is 50.4 Å². The van der Waals surface area contributed by atoms with Crippen LogP contribution in [0.1, 0.15) is 44.6 Å². The van der Waals surface area contributed by atoms with Crippen molar-refractivity contribution >= 4 is 35.8 Å². The Hall–Kier alpha value is -0.750. The molecular formula is C21H33ClN2O2S. The lowest BCUT2D eigenvalue weighted by molar-refractivity contribution is -0.117. The van der Waals surface area contributed by atoms with Gasteiger partial charge in [0.2, 0.25) is 5.91 Å². The maximum absolute atomic E-state index is 12.4. The third kappa shape index (κ3) is 7.65. The normalized spacial score (nSPS) is 19.9. The summed E-state index contributed by atoms with van der Waals surface area (Å²) in [7, 11) is 0. The molecule has 3 rings (SSSR count). The van der Waals surface area contributed by atoms with Gasteiger partial charge in [-0.05, 0) is 68.3 Å². The molecule has 2 heterocycles. The van der Waals surface area contributed by atoms with E-state index >= 15 is 0 Å². The van der Waals surface area contributed by atoms with Gasteiger partial charge in [0.1, 0.15) is 0 Å². The van der Waals surface area contributed by atoms with Gasteiger partial charge in [0.25, 0.3) is 0 Å². The van der Waals surface area contributed by atoms with Crippen LogP contribution in [0, 0.1) is 11.8 Å². The molecule has 27 heavy (non-hydrogen) atoms. The predicted molar refractivity (Wildman–Crippen MR) is 117 cm³/mol. The van der Waals surface area contributed by atoms with Gasteiger partial charge in [-0.1, -0.05) is 19.1 Å². The standard InChI is InChI=1S/C21H32N2O2S.ClH/c1-16(18-5-9-22-10-6-18)13-21(24)23-19-4-2-3-17(14-19)15-26-20-7-11-25-12-8-20;/h2-4,14,16,18,20,22H,5-13,15H2,1H3,(H,23,24);1H. The van der Waals surface area contributed by atoms with Crippen molar-refractivity contribution in [3.63, 3.8) is 0 Å². The van der Waals surface area contributed by atoms with Gasteiger partial charge in [0.05, 0.1) is 0 Å². The van der Waals surface area contributed by atoms with E-state index in [1.54, 1.807) is 0 Å². The van der Waals surface area contributed by atoms with Crippen molar-refractivity contribution in [2.75, 3.05) is 31.6 Å². The van der Waals surface area contributed by atoms with E-state index in [4.69, 9.17) is 4.74 Å². The van der Waals surface area contributed by atoms with Gasteiger partial charge in [0, 0.05) is 36.3 Å². The Bertz CT molecular complexity index is 575. The Labute approximate surface area is 174 Å². The van der Waals surface area contributed by atoms with Gasteiger partial charge in [-0.2, -0.15) is 11.8 Å². The second-order valence-corrected chi connectivity index (χ2v) is 8.93. The zero-order chi connectivity index (χ0) is 18.2. The molecule has 0 saturated carbocycles. The number of hydrogen-bond donors (Lipinski definition) is 2. The number of amides is 1. The monoisotopic (exact) mass is 412 g/mol. The molecule has 1 atom stereocenters. The van der Waals surface area contributed by atoms with Crippen LogP contribution in [0.25, 0.3) is 0 Å². The molecule has 0 bridgehead atoms. The number of rotatable bonds is 7. The fraction of sp³-hybridized carbons (Fsp3) is 0.667. The van der Waals surface area contributed by atoms with Crippen LogP contribution in [0.2, 0.25) is 0 Å². The van der Waals surface area contributed by atoms with Crippen LogP contribution in [0.5, 0.6) is 0 Å². The number of carbonyl (C=O) groups excluding carboxylic acids is 1. The molecule has 2 saturated heterocycles. The smallest absolute Gasteiger partial charge is 0.224 e. The lowest BCUT2D eigenvalue weighted by Crippen LogP contribution is -2.32. The SMILES string of the molecule is CC(CC(=O)Nc1cccc(CSC2CCOCC2)c1)C1CCNCC1.Cl. The minimum Gasteiger partial charge on any atom is -0.381 e. The predicted octanol–water partition coefficient (Wildman–Crippen LogP) is 4.48. The lowest BCUT2D eigenvalue weighted by Gasteiger charge is -2.27. The minimum absolute atomic E-state index is 0. The number of nitrogens with one attached hydrogen (secondary N) is 2. The van der Waals surface area contributed by atoms with E-state index in [2.05, 4.69) is 29.7 Å². The quantitative estimate of drug-likeness (QED) is 0.692. The Morgan fingerprint density at radius 3 is 2.74 bits per heavy atom. The van der Waals surface area contributed by atoms with Crippen LogP contribution in [-0.4, -0.2) is 37.5 Å². The van der Waals surface area contributed by atoms with Gasteiger partial charge in [-0.3, -0.25) is 4.79 Å². The van der Waals surface area contributed by atoms with Crippen LogP contribution < -0.4 is 10.6 Å². The van der Waals surface area contributed by atoms with Crippen molar-refractivity contribution in [2.45, 2.75) is 50.0 Å².